The molecule has 2 amide bonds. The number of likely N-dealkylation sites (tertiary alicyclic amines) is 1. The SMILES string of the molecule is CC(C)C(CCO)NC(=O)C1(C)CCCN(C(=O)c2ccccc2)C1. The molecule has 0 radical (unpaired) electrons. The van der Waals surface area contributed by atoms with Crippen molar-refractivity contribution in [3.63, 3.8) is 0 Å². The fraction of sp³-hybridized carbons (Fsp3) is 0.600. The van der Waals surface area contributed by atoms with Crippen LogP contribution in [0, 0.1) is 11.3 Å². The topological polar surface area (TPSA) is 69.6 Å². The number of carbonyl (C=O) groups excluding carboxylic acids is 2. The first-order valence-corrected chi connectivity index (χ1v) is 9.13. The number of amides is 2. The largest absolute Gasteiger partial charge is 0.396 e. The van der Waals surface area contributed by atoms with Crippen molar-refractivity contribution in [1.82, 2.24) is 10.2 Å². The Bertz CT molecular complexity index is 588. The van der Waals surface area contributed by atoms with Crippen molar-refractivity contribution >= 4 is 11.8 Å². The fourth-order valence-electron chi connectivity index (χ4n) is 3.42. The van der Waals surface area contributed by atoms with Gasteiger partial charge in [0.25, 0.3) is 5.91 Å². The first-order valence-electron chi connectivity index (χ1n) is 9.13. The van der Waals surface area contributed by atoms with Crippen LogP contribution in [0.5, 0.6) is 0 Å². The average molecular weight is 346 g/mol. The zero-order valence-corrected chi connectivity index (χ0v) is 15.5. The van der Waals surface area contributed by atoms with E-state index in [1.165, 1.54) is 0 Å². The highest BCUT2D eigenvalue weighted by Crippen LogP contribution is 2.31. The number of aliphatic hydroxyl groups excluding tert-OH is 1. The molecule has 1 aliphatic heterocycles. The molecular weight excluding hydrogens is 316 g/mol. The number of piperidine rings is 1. The van der Waals surface area contributed by atoms with Gasteiger partial charge in [0.15, 0.2) is 0 Å². The van der Waals surface area contributed by atoms with Crippen LogP contribution >= 0.6 is 0 Å². The molecule has 2 N–H and O–H groups in total. The second-order valence-electron chi connectivity index (χ2n) is 7.59. The number of hydrogen-bond acceptors (Lipinski definition) is 3. The molecule has 1 fully saturated rings. The summed E-state index contributed by atoms with van der Waals surface area (Å²) in [5.74, 6) is 0.214. The predicted molar refractivity (Wildman–Crippen MR) is 98.2 cm³/mol. The van der Waals surface area contributed by atoms with Crippen LogP contribution in [0.4, 0.5) is 0 Å². The van der Waals surface area contributed by atoms with E-state index in [0.717, 1.165) is 12.8 Å². The molecule has 1 aromatic rings. The van der Waals surface area contributed by atoms with Crippen LogP contribution in [-0.2, 0) is 4.79 Å². The van der Waals surface area contributed by atoms with E-state index >= 15 is 0 Å². The summed E-state index contributed by atoms with van der Waals surface area (Å²) >= 11 is 0. The highest BCUT2D eigenvalue weighted by atomic mass is 16.3. The van der Waals surface area contributed by atoms with Gasteiger partial charge in [-0.1, -0.05) is 32.0 Å². The van der Waals surface area contributed by atoms with Gasteiger partial charge in [-0.2, -0.15) is 0 Å². The maximum atomic E-state index is 12.9. The van der Waals surface area contributed by atoms with E-state index in [-0.39, 0.29) is 30.4 Å². The quantitative estimate of drug-likeness (QED) is 0.831. The zero-order chi connectivity index (χ0) is 18.4. The minimum atomic E-state index is -0.592. The number of benzene rings is 1. The Morgan fingerprint density at radius 3 is 2.56 bits per heavy atom. The van der Waals surface area contributed by atoms with Crippen molar-refractivity contribution in [1.29, 1.82) is 0 Å². The predicted octanol–water partition coefficient (Wildman–Crippen LogP) is 2.45. The minimum absolute atomic E-state index is 0.0184. The zero-order valence-electron chi connectivity index (χ0n) is 15.5. The summed E-state index contributed by atoms with van der Waals surface area (Å²) in [7, 11) is 0. The van der Waals surface area contributed by atoms with E-state index in [0.29, 0.717) is 25.1 Å². The molecule has 2 unspecified atom stereocenters. The smallest absolute Gasteiger partial charge is 0.253 e. The van der Waals surface area contributed by atoms with Gasteiger partial charge in [-0.3, -0.25) is 9.59 Å². The second-order valence-corrected chi connectivity index (χ2v) is 7.59. The van der Waals surface area contributed by atoms with Gasteiger partial charge in [-0.15, -0.1) is 0 Å². The lowest BCUT2D eigenvalue weighted by atomic mass is 9.80. The van der Waals surface area contributed by atoms with Gasteiger partial charge in [0.1, 0.15) is 0 Å². The number of nitrogens with one attached hydrogen (secondary N) is 1. The molecule has 1 aliphatic rings. The minimum Gasteiger partial charge on any atom is -0.396 e. The van der Waals surface area contributed by atoms with Crippen LogP contribution in [0.1, 0.15) is 50.4 Å². The molecular formula is C20H30N2O3. The maximum absolute atomic E-state index is 12.9. The number of rotatable bonds is 6. The van der Waals surface area contributed by atoms with Crippen molar-refractivity contribution < 1.29 is 14.7 Å². The Hall–Kier alpha value is -1.88. The van der Waals surface area contributed by atoms with Gasteiger partial charge in [0.2, 0.25) is 5.91 Å². The summed E-state index contributed by atoms with van der Waals surface area (Å²) in [6, 6.07) is 9.16. The Labute approximate surface area is 150 Å². The number of nitrogens with zero attached hydrogens (tertiary/aromatic N) is 1. The van der Waals surface area contributed by atoms with E-state index in [1.54, 1.807) is 4.90 Å². The molecule has 25 heavy (non-hydrogen) atoms. The van der Waals surface area contributed by atoms with Crippen molar-refractivity contribution in [2.45, 2.75) is 46.1 Å². The van der Waals surface area contributed by atoms with E-state index in [9.17, 15) is 14.7 Å². The van der Waals surface area contributed by atoms with Gasteiger partial charge in [0.05, 0.1) is 5.41 Å². The van der Waals surface area contributed by atoms with Gasteiger partial charge in [-0.05, 0) is 44.2 Å². The van der Waals surface area contributed by atoms with E-state index in [2.05, 4.69) is 5.32 Å². The number of carbonyl (C=O) groups is 2. The molecule has 0 aliphatic carbocycles. The van der Waals surface area contributed by atoms with E-state index in [1.807, 2.05) is 51.1 Å². The highest BCUT2D eigenvalue weighted by Gasteiger charge is 2.40. The summed E-state index contributed by atoms with van der Waals surface area (Å²) in [6.45, 7) is 7.17. The van der Waals surface area contributed by atoms with Crippen LogP contribution in [-0.4, -0.2) is 47.6 Å². The second kappa shape index (κ2) is 8.48. The van der Waals surface area contributed by atoms with Crippen molar-refractivity contribution in [2.75, 3.05) is 19.7 Å². The van der Waals surface area contributed by atoms with Gasteiger partial charge in [-0.25, -0.2) is 0 Å². The highest BCUT2D eigenvalue weighted by molar-refractivity contribution is 5.95. The van der Waals surface area contributed by atoms with Crippen LogP contribution in [0.15, 0.2) is 30.3 Å². The Morgan fingerprint density at radius 2 is 1.96 bits per heavy atom. The van der Waals surface area contributed by atoms with Gasteiger partial charge in [0, 0.05) is 31.3 Å². The Kier molecular flexibility index (Phi) is 6.59. The summed E-state index contributed by atoms with van der Waals surface area (Å²) < 4.78 is 0. The molecule has 0 spiro atoms. The summed E-state index contributed by atoms with van der Waals surface area (Å²) in [6.07, 6.45) is 2.13. The van der Waals surface area contributed by atoms with Gasteiger partial charge >= 0.3 is 0 Å². The van der Waals surface area contributed by atoms with E-state index in [4.69, 9.17) is 0 Å². The first kappa shape index (κ1) is 19.4. The molecule has 1 aromatic carbocycles. The lowest BCUT2D eigenvalue weighted by Crippen LogP contribution is -2.54. The maximum Gasteiger partial charge on any atom is 0.253 e. The van der Waals surface area contributed by atoms with Crippen LogP contribution in [0.3, 0.4) is 0 Å². The molecule has 2 rings (SSSR count). The average Bonchev–Trinajstić information content (AvgIpc) is 2.61. The summed E-state index contributed by atoms with van der Waals surface area (Å²) in [5.41, 5.74) is 0.0677. The van der Waals surface area contributed by atoms with Crippen molar-refractivity contribution in [2.24, 2.45) is 11.3 Å². The summed E-state index contributed by atoms with van der Waals surface area (Å²) in [5, 5.41) is 12.3. The number of hydrogen-bond donors (Lipinski definition) is 2. The molecule has 1 saturated heterocycles. The first-order chi connectivity index (χ1) is 11.9. The third-order valence-electron chi connectivity index (χ3n) is 5.11. The molecule has 5 nitrogen and oxygen atoms in total. The normalized spacial score (nSPS) is 21.9. The molecule has 0 aromatic heterocycles. The van der Waals surface area contributed by atoms with Crippen LogP contribution in [0.25, 0.3) is 0 Å². The molecule has 2 atom stereocenters. The van der Waals surface area contributed by atoms with Gasteiger partial charge < -0.3 is 15.3 Å². The van der Waals surface area contributed by atoms with Crippen molar-refractivity contribution in [3.8, 4) is 0 Å². The lowest BCUT2D eigenvalue weighted by molar-refractivity contribution is -0.133. The van der Waals surface area contributed by atoms with E-state index < -0.39 is 5.41 Å². The Morgan fingerprint density at radius 1 is 1.28 bits per heavy atom. The lowest BCUT2D eigenvalue weighted by Gasteiger charge is -2.40. The third kappa shape index (κ3) is 4.82. The fourth-order valence-corrected chi connectivity index (χ4v) is 3.42. The standard InChI is InChI=1S/C20H30N2O3/c1-15(2)17(10-13-23)21-19(25)20(3)11-7-12-22(14-20)18(24)16-8-5-4-6-9-16/h4-6,8-9,15,17,23H,7,10-14H2,1-3H3,(H,21,25). The van der Waals surface area contributed by atoms with Crippen molar-refractivity contribution in [3.05, 3.63) is 35.9 Å². The third-order valence-corrected chi connectivity index (χ3v) is 5.11. The molecule has 0 saturated carbocycles. The molecule has 138 valence electrons. The molecule has 0 bridgehead atoms. The Balaban J connectivity index is 2.07. The molecule has 1 heterocycles. The number of aliphatic hydroxyl groups is 1. The molecule has 5 heteroatoms. The monoisotopic (exact) mass is 346 g/mol. The summed E-state index contributed by atoms with van der Waals surface area (Å²) in [4.78, 5) is 27.4. The van der Waals surface area contributed by atoms with Crippen LogP contribution in [0.2, 0.25) is 0 Å². The van der Waals surface area contributed by atoms with Crippen LogP contribution < -0.4 is 5.32 Å².